The number of allylic oxidation sites excluding steroid dienone is 5. The van der Waals surface area contributed by atoms with Crippen LogP contribution in [0.2, 0.25) is 0 Å². The maximum absolute atomic E-state index is 12.7. The summed E-state index contributed by atoms with van der Waals surface area (Å²) < 4.78 is 6.17. The molecule has 2 saturated heterocycles. The highest BCUT2D eigenvalue weighted by Gasteiger charge is 2.41. The van der Waals surface area contributed by atoms with Crippen molar-refractivity contribution in [3.8, 4) is 11.8 Å². The SMILES string of the molecule is C/C(=C\C=C1/CCN(C2CCC(=O)NC2=O)C1=O)O[C@H]1CC2C=CC#CC2[C@@H]1C. The topological polar surface area (TPSA) is 75.7 Å². The monoisotopic (exact) mass is 394 g/mol. The van der Waals surface area contributed by atoms with Crippen LogP contribution in [0.15, 0.2) is 35.6 Å². The molecule has 6 heteroatoms. The van der Waals surface area contributed by atoms with E-state index in [1.54, 1.807) is 11.0 Å². The summed E-state index contributed by atoms with van der Waals surface area (Å²) in [6.45, 7) is 4.59. The molecule has 2 aliphatic heterocycles. The number of nitrogens with zero attached hydrogens (tertiary/aromatic N) is 1. The molecule has 0 aromatic heterocycles. The Labute approximate surface area is 171 Å². The molecule has 1 N–H and O–H groups in total. The molecule has 3 fully saturated rings. The molecule has 0 radical (unpaired) electrons. The molecule has 0 aromatic carbocycles. The maximum Gasteiger partial charge on any atom is 0.250 e. The average molecular weight is 394 g/mol. The van der Waals surface area contributed by atoms with Gasteiger partial charge in [-0.15, -0.1) is 0 Å². The van der Waals surface area contributed by atoms with Crippen molar-refractivity contribution in [3.63, 3.8) is 0 Å². The van der Waals surface area contributed by atoms with Crippen molar-refractivity contribution < 1.29 is 19.1 Å². The van der Waals surface area contributed by atoms with Crippen LogP contribution in [0.1, 0.15) is 39.5 Å². The summed E-state index contributed by atoms with van der Waals surface area (Å²) in [6, 6.07) is -0.552. The molecular weight excluding hydrogens is 368 g/mol. The molecular formula is C23H26N2O4. The number of carbonyl (C=O) groups excluding carboxylic acids is 3. The van der Waals surface area contributed by atoms with Gasteiger partial charge in [-0.1, -0.05) is 30.9 Å². The van der Waals surface area contributed by atoms with E-state index >= 15 is 0 Å². The van der Waals surface area contributed by atoms with Crippen molar-refractivity contribution in [1.29, 1.82) is 0 Å². The zero-order valence-electron chi connectivity index (χ0n) is 16.8. The Morgan fingerprint density at radius 2 is 2.14 bits per heavy atom. The van der Waals surface area contributed by atoms with E-state index in [-0.39, 0.29) is 30.2 Å². The van der Waals surface area contributed by atoms with Gasteiger partial charge in [-0.3, -0.25) is 19.7 Å². The summed E-state index contributed by atoms with van der Waals surface area (Å²) in [5, 5.41) is 2.32. The highest BCUT2D eigenvalue weighted by Crippen LogP contribution is 2.41. The van der Waals surface area contributed by atoms with Crippen molar-refractivity contribution >= 4 is 17.7 Å². The minimum absolute atomic E-state index is 0.121. The number of imide groups is 1. The molecule has 3 amide bonds. The van der Waals surface area contributed by atoms with Crippen LogP contribution in [0.5, 0.6) is 0 Å². The van der Waals surface area contributed by atoms with E-state index < -0.39 is 6.04 Å². The first-order chi connectivity index (χ1) is 13.9. The van der Waals surface area contributed by atoms with Crippen molar-refractivity contribution in [3.05, 3.63) is 35.6 Å². The Kier molecular flexibility index (Phi) is 5.31. The van der Waals surface area contributed by atoms with E-state index in [1.165, 1.54) is 0 Å². The molecule has 2 aliphatic carbocycles. The number of fused-ring (bicyclic) bond motifs is 1. The zero-order valence-corrected chi connectivity index (χ0v) is 16.8. The first kappa shape index (κ1) is 19.5. The minimum Gasteiger partial charge on any atom is -0.495 e. The van der Waals surface area contributed by atoms with Crippen LogP contribution in [-0.2, 0) is 19.1 Å². The third-order valence-corrected chi connectivity index (χ3v) is 6.40. The number of hydrogen-bond acceptors (Lipinski definition) is 4. The van der Waals surface area contributed by atoms with Crippen LogP contribution >= 0.6 is 0 Å². The van der Waals surface area contributed by atoms with E-state index in [4.69, 9.17) is 4.74 Å². The third-order valence-electron chi connectivity index (χ3n) is 6.40. The number of rotatable bonds is 4. The Balaban J connectivity index is 1.37. The first-order valence-electron chi connectivity index (χ1n) is 10.3. The summed E-state index contributed by atoms with van der Waals surface area (Å²) in [7, 11) is 0. The second-order valence-electron chi connectivity index (χ2n) is 8.27. The van der Waals surface area contributed by atoms with Gasteiger partial charge in [0.25, 0.3) is 5.91 Å². The smallest absolute Gasteiger partial charge is 0.250 e. The van der Waals surface area contributed by atoms with Crippen molar-refractivity contribution in [2.24, 2.45) is 17.8 Å². The van der Waals surface area contributed by atoms with Crippen LogP contribution in [0.25, 0.3) is 0 Å². The molecule has 0 bridgehead atoms. The summed E-state index contributed by atoms with van der Waals surface area (Å²) in [6.07, 6.45) is 10.1. The summed E-state index contributed by atoms with van der Waals surface area (Å²) in [4.78, 5) is 37.7. The lowest BCUT2D eigenvalue weighted by Crippen LogP contribution is -2.52. The van der Waals surface area contributed by atoms with Gasteiger partial charge in [0.1, 0.15) is 12.1 Å². The lowest BCUT2D eigenvalue weighted by atomic mass is 9.88. The fourth-order valence-corrected chi connectivity index (χ4v) is 4.72. The van der Waals surface area contributed by atoms with Crippen molar-refractivity contribution in [2.45, 2.75) is 51.7 Å². The predicted molar refractivity (Wildman–Crippen MR) is 107 cm³/mol. The van der Waals surface area contributed by atoms with Crippen molar-refractivity contribution in [1.82, 2.24) is 10.2 Å². The summed E-state index contributed by atoms with van der Waals surface area (Å²) in [5.74, 6) is 7.55. The molecule has 1 saturated carbocycles. The van der Waals surface area contributed by atoms with E-state index in [2.05, 4.69) is 30.2 Å². The van der Waals surface area contributed by atoms with Gasteiger partial charge in [0.15, 0.2) is 0 Å². The molecule has 6 nitrogen and oxygen atoms in total. The molecule has 4 aliphatic rings. The molecule has 2 heterocycles. The Bertz CT molecular complexity index is 888. The van der Waals surface area contributed by atoms with Gasteiger partial charge in [-0.05, 0) is 44.3 Å². The lowest BCUT2D eigenvalue weighted by Gasteiger charge is -2.29. The maximum atomic E-state index is 12.7. The molecule has 29 heavy (non-hydrogen) atoms. The molecule has 5 atom stereocenters. The first-order valence-corrected chi connectivity index (χ1v) is 10.3. The largest absolute Gasteiger partial charge is 0.495 e. The Hall–Kier alpha value is -2.81. The van der Waals surface area contributed by atoms with E-state index in [1.807, 2.05) is 19.1 Å². The van der Waals surface area contributed by atoms with E-state index in [9.17, 15) is 14.4 Å². The molecule has 4 rings (SSSR count). The summed E-state index contributed by atoms with van der Waals surface area (Å²) in [5.41, 5.74) is 0.666. The number of hydrogen-bond donors (Lipinski definition) is 1. The van der Waals surface area contributed by atoms with E-state index in [0.717, 1.165) is 12.2 Å². The van der Waals surface area contributed by atoms with Crippen LogP contribution in [0, 0.1) is 29.6 Å². The summed E-state index contributed by atoms with van der Waals surface area (Å²) >= 11 is 0. The Morgan fingerprint density at radius 1 is 1.31 bits per heavy atom. The number of ether oxygens (including phenoxy) is 1. The average Bonchev–Trinajstić information content (AvgIpc) is 3.21. The van der Waals surface area contributed by atoms with Gasteiger partial charge >= 0.3 is 0 Å². The highest BCUT2D eigenvalue weighted by molar-refractivity contribution is 6.04. The van der Waals surface area contributed by atoms with Gasteiger partial charge in [-0.25, -0.2) is 0 Å². The molecule has 0 aromatic rings. The van der Waals surface area contributed by atoms with Gasteiger partial charge in [0, 0.05) is 30.4 Å². The van der Waals surface area contributed by atoms with Crippen LogP contribution < -0.4 is 5.32 Å². The van der Waals surface area contributed by atoms with Gasteiger partial charge in [-0.2, -0.15) is 0 Å². The number of carbonyl (C=O) groups is 3. The standard InChI is InChI=1S/C23H26N2O4/c1-14(29-20-13-17-5-3-4-6-18(17)15(20)2)7-8-16-11-12-25(23(16)28)19-9-10-21(26)24-22(19)27/h3,5,7-8,15,17-20H,9-13H2,1-2H3,(H,24,26,27)/b14-7+,16-8+/t15-,17?,18?,19?,20-/m0/s1. The highest BCUT2D eigenvalue weighted by atomic mass is 16.5. The molecule has 3 unspecified atom stereocenters. The fourth-order valence-electron chi connectivity index (χ4n) is 4.72. The predicted octanol–water partition coefficient (Wildman–Crippen LogP) is 2.08. The minimum atomic E-state index is -0.552. The molecule has 0 spiro atoms. The normalized spacial score (nSPS) is 35.4. The quantitative estimate of drug-likeness (QED) is 0.343. The number of nitrogens with one attached hydrogen (secondary N) is 1. The Morgan fingerprint density at radius 3 is 2.90 bits per heavy atom. The van der Waals surface area contributed by atoms with Crippen LogP contribution in [0.4, 0.5) is 0 Å². The van der Waals surface area contributed by atoms with Gasteiger partial charge in [0.2, 0.25) is 11.8 Å². The fraction of sp³-hybridized carbons (Fsp3) is 0.522. The second-order valence-corrected chi connectivity index (χ2v) is 8.27. The number of piperidine rings is 1. The van der Waals surface area contributed by atoms with Gasteiger partial charge in [0.05, 0.1) is 5.76 Å². The zero-order chi connectivity index (χ0) is 20.5. The third kappa shape index (κ3) is 3.87. The second kappa shape index (κ2) is 7.90. The molecule has 152 valence electrons. The van der Waals surface area contributed by atoms with Crippen molar-refractivity contribution in [2.75, 3.05) is 6.54 Å². The van der Waals surface area contributed by atoms with Crippen LogP contribution in [-0.4, -0.2) is 41.3 Å². The number of likely N-dealkylation sites (tertiary alicyclic amines) is 1. The van der Waals surface area contributed by atoms with Crippen LogP contribution in [0.3, 0.4) is 0 Å². The lowest BCUT2D eigenvalue weighted by molar-refractivity contribution is -0.142. The van der Waals surface area contributed by atoms with E-state index in [0.29, 0.717) is 42.7 Å². The number of amides is 3. The van der Waals surface area contributed by atoms with Gasteiger partial charge < -0.3 is 9.64 Å².